The summed E-state index contributed by atoms with van der Waals surface area (Å²) < 4.78 is 0. The molecule has 0 bridgehead atoms. The Balaban J connectivity index is 2.57. The second kappa shape index (κ2) is 5.96. The van der Waals surface area contributed by atoms with Crippen LogP contribution in [-0.4, -0.2) is 73.4 Å². The first-order chi connectivity index (χ1) is 7.50. The van der Waals surface area contributed by atoms with E-state index in [1.807, 2.05) is 7.05 Å². The van der Waals surface area contributed by atoms with Crippen LogP contribution < -0.4 is 5.32 Å². The zero-order valence-electron chi connectivity index (χ0n) is 11.2. The van der Waals surface area contributed by atoms with Crippen LogP contribution in [0.2, 0.25) is 0 Å². The van der Waals surface area contributed by atoms with Gasteiger partial charge in [-0.2, -0.15) is 0 Å². The summed E-state index contributed by atoms with van der Waals surface area (Å²) in [5.74, 6) is 0. The molecule has 16 heavy (non-hydrogen) atoms. The highest BCUT2D eigenvalue weighted by Gasteiger charge is 2.28. The van der Waals surface area contributed by atoms with Gasteiger partial charge in [-0.1, -0.05) is 0 Å². The van der Waals surface area contributed by atoms with E-state index in [0.29, 0.717) is 6.04 Å². The fourth-order valence-electron chi connectivity index (χ4n) is 2.31. The number of rotatable bonds is 4. The monoisotopic (exact) mass is 229 g/mol. The molecule has 0 aliphatic carbocycles. The Morgan fingerprint density at radius 1 is 1.44 bits per heavy atom. The summed E-state index contributed by atoms with van der Waals surface area (Å²) in [4.78, 5) is 4.87. The molecule has 1 saturated heterocycles. The van der Waals surface area contributed by atoms with E-state index in [9.17, 15) is 5.11 Å². The van der Waals surface area contributed by atoms with Gasteiger partial charge in [-0.3, -0.25) is 4.90 Å². The first kappa shape index (κ1) is 13.9. The second-order valence-electron chi connectivity index (χ2n) is 5.40. The zero-order valence-corrected chi connectivity index (χ0v) is 11.2. The number of nitrogens with one attached hydrogen (secondary N) is 1. The van der Waals surface area contributed by atoms with Crippen molar-refractivity contribution in [2.75, 3.05) is 46.9 Å². The van der Waals surface area contributed by atoms with Crippen LogP contribution in [-0.2, 0) is 0 Å². The lowest BCUT2D eigenvalue weighted by molar-refractivity contribution is 0.104. The Bertz CT molecular complexity index is 206. The number of aliphatic hydroxyl groups is 1. The minimum atomic E-state index is -0.183. The summed E-state index contributed by atoms with van der Waals surface area (Å²) in [6.45, 7) is 8.87. The van der Waals surface area contributed by atoms with Gasteiger partial charge >= 0.3 is 0 Å². The quantitative estimate of drug-likeness (QED) is 0.711. The SMILES string of the molecule is CNC(C)(CO)CN1CCCN(C)CC1C. The van der Waals surface area contributed by atoms with Crippen LogP contribution in [0, 0.1) is 0 Å². The maximum absolute atomic E-state index is 9.42. The summed E-state index contributed by atoms with van der Waals surface area (Å²) in [6, 6.07) is 0.562. The number of hydrogen-bond acceptors (Lipinski definition) is 4. The fourth-order valence-corrected chi connectivity index (χ4v) is 2.31. The van der Waals surface area contributed by atoms with E-state index >= 15 is 0 Å². The Hall–Kier alpha value is -0.160. The van der Waals surface area contributed by atoms with Crippen molar-refractivity contribution in [2.45, 2.75) is 31.8 Å². The molecule has 1 fully saturated rings. The molecule has 0 radical (unpaired) electrons. The van der Waals surface area contributed by atoms with Crippen LogP contribution in [0.4, 0.5) is 0 Å². The molecular formula is C12H27N3O. The Morgan fingerprint density at radius 2 is 2.12 bits per heavy atom. The molecule has 96 valence electrons. The molecule has 2 N–H and O–H groups in total. The van der Waals surface area contributed by atoms with E-state index < -0.39 is 0 Å². The molecule has 2 atom stereocenters. The van der Waals surface area contributed by atoms with Gasteiger partial charge in [0.25, 0.3) is 0 Å². The topological polar surface area (TPSA) is 38.7 Å². The van der Waals surface area contributed by atoms with Gasteiger partial charge < -0.3 is 15.3 Å². The first-order valence-corrected chi connectivity index (χ1v) is 6.23. The third kappa shape index (κ3) is 3.70. The molecule has 0 saturated carbocycles. The van der Waals surface area contributed by atoms with E-state index in [0.717, 1.165) is 19.6 Å². The van der Waals surface area contributed by atoms with Crippen molar-refractivity contribution in [3.8, 4) is 0 Å². The van der Waals surface area contributed by atoms with Crippen molar-refractivity contribution in [3.63, 3.8) is 0 Å². The minimum absolute atomic E-state index is 0.183. The van der Waals surface area contributed by atoms with Gasteiger partial charge in [0.2, 0.25) is 0 Å². The van der Waals surface area contributed by atoms with Crippen molar-refractivity contribution >= 4 is 0 Å². The van der Waals surface area contributed by atoms with Gasteiger partial charge in [-0.15, -0.1) is 0 Å². The zero-order chi connectivity index (χ0) is 12.2. The van der Waals surface area contributed by atoms with Gasteiger partial charge in [0.1, 0.15) is 0 Å². The van der Waals surface area contributed by atoms with Crippen LogP contribution >= 0.6 is 0 Å². The summed E-state index contributed by atoms with van der Waals surface area (Å²) in [5.41, 5.74) is -0.183. The van der Waals surface area contributed by atoms with E-state index in [1.54, 1.807) is 0 Å². The van der Waals surface area contributed by atoms with Crippen LogP contribution in [0.15, 0.2) is 0 Å². The molecule has 1 aliphatic rings. The predicted octanol–water partition coefficient (Wildman–Crippen LogP) is -0.0172. The average Bonchev–Trinajstić information content (AvgIpc) is 2.41. The van der Waals surface area contributed by atoms with Crippen molar-refractivity contribution < 1.29 is 5.11 Å². The molecule has 1 aliphatic heterocycles. The lowest BCUT2D eigenvalue weighted by atomic mass is 10.0. The largest absolute Gasteiger partial charge is 0.394 e. The highest BCUT2D eigenvalue weighted by molar-refractivity contribution is 4.88. The molecule has 0 spiro atoms. The molecule has 0 aromatic heterocycles. The normalized spacial score (nSPS) is 28.7. The van der Waals surface area contributed by atoms with Gasteiger partial charge in [0, 0.05) is 19.1 Å². The summed E-state index contributed by atoms with van der Waals surface area (Å²) >= 11 is 0. The van der Waals surface area contributed by atoms with Crippen LogP contribution in [0.25, 0.3) is 0 Å². The molecule has 0 aromatic rings. The molecular weight excluding hydrogens is 202 g/mol. The van der Waals surface area contributed by atoms with E-state index in [4.69, 9.17) is 0 Å². The van der Waals surface area contributed by atoms with E-state index in [2.05, 4.69) is 36.0 Å². The van der Waals surface area contributed by atoms with Gasteiger partial charge in [0.15, 0.2) is 0 Å². The highest BCUT2D eigenvalue weighted by atomic mass is 16.3. The minimum Gasteiger partial charge on any atom is -0.394 e. The highest BCUT2D eigenvalue weighted by Crippen LogP contribution is 2.13. The maximum Gasteiger partial charge on any atom is 0.0623 e. The lowest BCUT2D eigenvalue weighted by Gasteiger charge is -2.36. The van der Waals surface area contributed by atoms with Crippen molar-refractivity contribution in [2.24, 2.45) is 0 Å². The Labute approximate surface area is 99.6 Å². The smallest absolute Gasteiger partial charge is 0.0623 e. The van der Waals surface area contributed by atoms with Gasteiger partial charge in [0.05, 0.1) is 12.1 Å². The number of nitrogens with zero attached hydrogens (tertiary/aromatic N) is 2. The summed E-state index contributed by atoms with van der Waals surface area (Å²) in [7, 11) is 4.11. The molecule has 4 nitrogen and oxygen atoms in total. The van der Waals surface area contributed by atoms with E-state index in [-0.39, 0.29) is 12.1 Å². The van der Waals surface area contributed by atoms with Crippen molar-refractivity contribution in [3.05, 3.63) is 0 Å². The van der Waals surface area contributed by atoms with Crippen LogP contribution in [0.3, 0.4) is 0 Å². The third-order valence-corrected chi connectivity index (χ3v) is 3.69. The molecule has 0 amide bonds. The first-order valence-electron chi connectivity index (χ1n) is 6.23. The summed E-state index contributed by atoms with van der Waals surface area (Å²) in [5, 5.41) is 12.6. The van der Waals surface area contributed by atoms with Gasteiger partial charge in [-0.05, 0) is 47.5 Å². The summed E-state index contributed by atoms with van der Waals surface area (Å²) in [6.07, 6.45) is 1.21. The van der Waals surface area contributed by atoms with Crippen molar-refractivity contribution in [1.29, 1.82) is 0 Å². The number of likely N-dealkylation sites (N-methyl/N-ethyl adjacent to an activating group) is 2. The number of hydrogen-bond donors (Lipinski definition) is 2. The van der Waals surface area contributed by atoms with Gasteiger partial charge in [-0.25, -0.2) is 0 Å². The van der Waals surface area contributed by atoms with Crippen LogP contribution in [0.5, 0.6) is 0 Å². The van der Waals surface area contributed by atoms with E-state index in [1.165, 1.54) is 13.0 Å². The Morgan fingerprint density at radius 3 is 2.69 bits per heavy atom. The average molecular weight is 229 g/mol. The number of aliphatic hydroxyl groups excluding tert-OH is 1. The third-order valence-electron chi connectivity index (χ3n) is 3.69. The van der Waals surface area contributed by atoms with Crippen LogP contribution in [0.1, 0.15) is 20.3 Å². The molecule has 1 rings (SSSR count). The molecule has 0 aromatic carbocycles. The second-order valence-corrected chi connectivity index (χ2v) is 5.40. The van der Waals surface area contributed by atoms with Crippen molar-refractivity contribution in [1.82, 2.24) is 15.1 Å². The lowest BCUT2D eigenvalue weighted by Crippen LogP contribution is -2.55. The maximum atomic E-state index is 9.42. The predicted molar refractivity (Wildman–Crippen MR) is 67.7 cm³/mol. The Kier molecular flexibility index (Phi) is 5.18. The standard InChI is InChI=1S/C12H27N3O/c1-11-8-14(4)6-5-7-15(11)9-12(2,10-16)13-3/h11,13,16H,5-10H2,1-4H3. The molecule has 4 heteroatoms. The molecule has 1 heterocycles. The molecule has 2 unspecified atom stereocenters. The fraction of sp³-hybridized carbons (Fsp3) is 1.00.